The third-order valence-electron chi connectivity index (χ3n) is 5.27. The van der Waals surface area contributed by atoms with Gasteiger partial charge < -0.3 is 15.5 Å². The van der Waals surface area contributed by atoms with E-state index < -0.39 is 5.54 Å². The van der Waals surface area contributed by atoms with Gasteiger partial charge in [0.05, 0.1) is 0 Å². The van der Waals surface area contributed by atoms with Gasteiger partial charge in [0.25, 0.3) is 0 Å². The van der Waals surface area contributed by atoms with Crippen LogP contribution in [0.2, 0.25) is 0 Å². The van der Waals surface area contributed by atoms with E-state index in [0.717, 1.165) is 32.5 Å². The molecule has 0 aromatic rings. The molecule has 5 nitrogen and oxygen atoms in total. The SMILES string of the molecule is CN(CCN1CCCC1)CC(NC1CC1)(C(N)=O)C1CC1. The Kier molecular flexibility index (Phi) is 4.52. The molecule has 1 unspecified atom stereocenters. The summed E-state index contributed by atoms with van der Waals surface area (Å²) in [7, 11) is 2.13. The fraction of sp³-hybridized carbons (Fsp3) is 0.938. The van der Waals surface area contributed by atoms with Gasteiger partial charge in [-0.05, 0) is 64.6 Å². The molecule has 3 aliphatic rings. The van der Waals surface area contributed by atoms with Crippen LogP contribution >= 0.6 is 0 Å². The maximum absolute atomic E-state index is 12.2. The predicted molar refractivity (Wildman–Crippen MR) is 84.0 cm³/mol. The molecule has 1 heterocycles. The molecular formula is C16H30N4O. The molecule has 2 saturated carbocycles. The number of rotatable bonds is 9. The third-order valence-corrected chi connectivity index (χ3v) is 5.27. The number of hydrogen-bond donors (Lipinski definition) is 2. The zero-order chi connectivity index (χ0) is 14.9. The Bertz CT molecular complexity index is 374. The minimum atomic E-state index is -0.485. The van der Waals surface area contributed by atoms with Crippen molar-refractivity contribution in [1.29, 1.82) is 0 Å². The molecule has 3 rings (SSSR count). The van der Waals surface area contributed by atoms with Crippen molar-refractivity contribution in [1.82, 2.24) is 15.1 Å². The number of primary amides is 1. The van der Waals surface area contributed by atoms with Crippen molar-refractivity contribution >= 4 is 5.91 Å². The van der Waals surface area contributed by atoms with Gasteiger partial charge in [0.15, 0.2) is 0 Å². The van der Waals surface area contributed by atoms with E-state index in [1.807, 2.05) is 0 Å². The summed E-state index contributed by atoms with van der Waals surface area (Å²) in [6.45, 7) is 5.36. The lowest BCUT2D eigenvalue weighted by atomic mass is 9.91. The minimum Gasteiger partial charge on any atom is -0.368 e. The Morgan fingerprint density at radius 2 is 1.95 bits per heavy atom. The lowest BCUT2D eigenvalue weighted by Gasteiger charge is -2.36. The fourth-order valence-corrected chi connectivity index (χ4v) is 3.63. The molecule has 0 aromatic carbocycles. The minimum absolute atomic E-state index is 0.148. The molecule has 0 spiro atoms. The van der Waals surface area contributed by atoms with Gasteiger partial charge in [-0.25, -0.2) is 0 Å². The second-order valence-corrected chi connectivity index (χ2v) is 7.32. The van der Waals surface area contributed by atoms with Gasteiger partial charge in [-0.3, -0.25) is 10.1 Å². The van der Waals surface area contributed by atoms with Crippen molar-refractivity contribution in [2.24, 2.45) is 11.7 Å². The summed E-state index contributed by atoms with van der Waals surface area (Å²) >= 11 is 0. The van der Waals surface area contributed by atoms with Gasteiger partial charge in [-0.15, -0.1) is 0 Å². The molecule has 0 bridgehead atoms. The first-order valence-corrected chi connectivity index (χ1v) is 8.59. The van der Waals surface area contributed by atoms with E-state index in [4.69, 9.17) is 5.73 Å². The number of nitrogens with zero attached hydrogens (tertiary/aromatic N) is 2. The van der Waals surface area contributed by atoms with E-state index in [0.29, 0.717) is 12.0 Å². The second kappa shape index (κ2) is 6.23. The van der Waals surface area contributed by atoms with E-state index >= 15 is 0 Å². The highest BCUT2D eigenvalue weighted by atomic mass is 16.1. The highest BCUT2D eigenvalue weighted by molar-refractivity contribution is 5.86. The highest BCUT2D eigenvalue weighted by Crippen LogP contribution is 2.42. The zero-order valence-electron chi connectivity index (χ0n) is 13.3. The van der Waals surface area contributed by atoms with Gasteiger partial charge in [0, 0.05) is 25.7 Å². The third kappa shape index (κ3) is 3.76. The Hall–Kier alpha value is -0.650. The van der Waals surface area contributed by atoms with Gasteiger partial charge in [0.2, 0.25) is 5.91 Å². The largest absolute Gasteiger partial charge is 0.368 e. The van der Waals surface area contributed by atoms with Crippen LogP contribution in [0.3, 0.4) is 0 Å². The molecular weight excluding hydrogens is 264 g/mol. The van der Waals surface area contributed by atoms with Crippen LogP contribution in [0.15, 0.2) is 0 Å². The first-order chi connectivity index (χ1) is 10.1. The highest BCUT2D eigenvalue weighted by Gasteiger charge is 2.52. The predicted octanol–water partition coefficient (Wildman–Crippen LogP) is 0.400. The van der Waals surface area contributed by atoms with Crippen molar-refractivity contribution < 1.29 is 4.79 Å². The topological polar surface area (TPSA) is 61.6 Å². The number of nitrogens with one attached hydrogen (secondary N) is 1. The van der Waals surface area contributed by atoms with E-state index in [1.165, 1.54) is 38.8 Å². The lowest BCUT2D eigenvalue weighted by molar-refractivity contribution is -0.126. The van der Waals surface area contributed by atoms with Crippen LogP contribution in [-0.4, -0.2) is 67.1 Å². The number of carbonyl (C=O) groups excluding carboxylic acids is 1. The van der Waals surface area contributed by atoms with Crippen LogP contribution in [0.5, 0.6) is 0 Å². The first kappa shape index (κ1) is 15.3. The summed E-state index contributed by atoms with van der Waals surface area (Å²) < 4.78 is 0. The van der Waals surface area contributed by atoms with E-state index in [2.05, 4.69) is 22.2 Å². The van der Waals surface area contributed by atoms with Crippen LogP contribution in [-0.2, 0) is 4.79 Å². The van der Waals surface area contributed by atoms with Crippen LogP contribution in [0.1, 0.15) is 38.5 Å². The maximum Gasteiger partial charge on any atom is 0.239 e. The Balaban J connectivity index is 1.55. The number of amides is 1. The second-order valence-electron chi connectivity index (χ2n) is 7.32. The van der Waals surface area contributed by atoms with Crippen molar-refractivity contribution in [3.63, 3.8) is 0 Å². The molecule has 0 radical (unpaired) electrons. The number of likely N-dealkylation sites (N-methyl/N-ethyl adjacent to an activating group) is 1. The average Bonchev–Trinajstić information content (AvgIpc) is 3.36. The number of carbonyl (C=O) groups is 1. The number of likely N-dealkylation sites (tertiary alicyclic amines) is 1. The van der Waals surface area contributed by atoms with Crippen LogP contribution < -0.4 is 11.1 Å². The van der Waals surface area contributed by atoms with Gasteiger partial charge in [-0.2, -0.15) is 0 Å². The summed E-state index contributed by atoms with van der Waals surface area (Å²) in [6, 6.07) is 0.519. The summed E-state index contributed by atoms with van der Waals surface area (Å²) in [5, 5.41) is 3.59. The monoisotopic (exact) mass is 294 g/mol. The van der Waals surface area contributed by atoms with Gasteiger partial charge >= 0.3 is 0 Å². The molecule has 1 amide bonds. The first-order valence-electron chi connectivity index (χ1n) is 8.59. The van der Waals surface area contributed by atoms with E-state index in [-0.39, 0.29) is 5.91 Å². The molecule has 2 aliphatic carbocycles. The lowest BCUT2D eigenvalue weighted by Crippen LogP contribution is -2.63. The molecule has 0 aromatic heterocycles. The molecule has 3 fully saturated rings. The quantitative estimate of drug-likeness (QED) is 0.646. The molecule has 1 atom stereocenters. The summed E-state index contributed by atoms with van der Waals surface area (Å²) in [4.78, 5) is 17.0. The van der Waals surface area contributed by atoms with Gasteiger partial charge in [-0.1, -0.05) is 0 Å². The van der Waals surface area contributed by atoms with E-state index in [1.54, 1.807) is 0 Å². The number of hydrogen-bond acceptors (Lipinski definition) is 4. The van der Waals surface area contributed by atoms with Crippen molar-refractivity contribution in [3.05, 3.63) is 0 Å². The molecule has 1 aliphatic heterocycles. The average molecular weight is 294 g/mol. The number of nitrogens with two attached hydrogens (primary N) is 1. The van der Waals surface area contributed by atoms with Crippen LogP contribution in [0.25, 0.3) is 0 Å². The summed E-state index contributed by atoms with van der Waals surface area (Å²) in [6.07, 6.45) is 7.34. The maximum atomic E-state index is 12.2. The van der Waals surface area contributed by atoms with Crippen molar-refractivity contribution in [2.45, 2.75) is 50.1 Å². The zero-order valence-corrected chi connectivity index (χ0v) is 13.3. The van der Waals surface area contributed by atoms with E-state index in [9.17, 15) is 4.79 Å². The van der Waals surface area contributed by atoms with Gasteiger partial charge in [0.1, 0.15) is 5.54 Å². The Morgan fingerprint density at radius 3 is 2.48 bits per heavy atom. The Morgan fingerprint density at radius 1 is 1.29 bits per heavy atom. The standard InChI is InChI=1S/C16H30N4O/c1-19(10-11-20-8-2-3-9-20)12-16(15(17)21,13-4-5-13)18-14-6-7-14/h13-14,18H,2-12H2,1H3,(H2,17,21). The Labute approximate surface area is 128 Å². The van der Waals surface area contributed by atoms with Crippen molar-refractivity contribution in [2.75, 3.05) is 39.8 Å². The molecule has 3 N–H and O–H groups in total. The normalized spacial score (nSPS) is 26.2. The molecule has 21 heavy (non-hydrogen) atoms. The molecule has 1 saturated heterocycles. The van der Waals surface area contributed by atoms with Crippen molar-refractivity contribution in [3.8, 4) is 0 Å². The fourth-order valence-electron chi connectivity index (χ4n) is 3.63. The summed E-state index contributed by atoms with van der Waals surface area (Å²) in [5.74, 6) is 0.301. The molecule has 120 valence electrons. The van der Waals surface area contributed by atoms with Crippen LogP contribution in [0, 0.1) is 5.92 Å². The summed E-state index contributed by atoms with van der Waals surface area (Å²) in [5.41, 5.74) is 5.33. The smallest absolute Gasteiger partial charge is 0.239 e. The van der Waals surface area contributed by atoms with Crippen LogP contribution in [0.4, 0.5) is 0 Å². The molecule has 5 heteroatoms.